The number of ether oxygens (including phenoxy) is 3. The number of aliphatic hydroxyl groups is 1. The summed E-state index contributed by atoms with van der Waals surface area (Å²) in [6.07, 6.45) is -0.502. The predicted molar refractivity (Wildman–Crippen MR) is 80.0 cm³/mol. The van der Waals surface area contributed by atoms with Gasteiger partial charge in [-0.25, -0.2) is 0 Å². The summed E-state index contributed by atoms with van der Waals surface area (Å²) >= 11 is 0. The molecule has 8 nitrogen and oxygen atoms in total. The molecule has 1 atom stereocenters. The summed E-state index contributed by atoms with van der Waals surface area (Å²) in [6, 6.07) is 5.16. The molecule has 0 bridgehead atoms. The van der Waals surface area contributed by atoms with Gasteiger partial charge in [0.05, 0.1) is 12.7 Å². The SMILES string of the molecule is COCCNC(=O)C(=O)NCCC(O)c1ccc2c(c1)OCO2. The zero-order chi connectivity index (χ0) is 16.7. The first-order valence-corrected chi connectivity index (χ1v) is 7.24. The molecule has 0 saturated carbocycles. The van der Waals surface area contributed by atoms with E-state index in [1.165, 1.54) is 7.11 Å². The molecule has 23 heavy (non-hydrogen) atoms. The second-order valence-electron chi connectivity index (χ2n) is 4.92. The molecule has 0 spiro atoms. The summed E-state index contributed by atoms with van der Waals surface area (Å²) in [5.74, 6) is -0.233. The molecule has 0 fully saturated rings. The van der Waals surface area contributed by atoms with E-state index >= 15 is 0 Å². The van der Waals surface area contributed by atoms with Crippen molar-refractivity contribution in [2.24, 2.45) is 0 Å². The molecule has 0 radical (unpaired) electrons. The first-order valence-electron chi connectivity index (χ1n) is 7.24. The van der Waals surface area contributed by atoms with E-state index < -0.39 is 17.9 Å². The number of hydrogen-bond donors (Lipinski definition) is 3. The van der Waals surface area contributed by atoms with Crippen LogP contribution >= 0.6 is 0 Å². The fourth-order valence-corrected chi connectivity index (χ4v) is 2.04. The van der Waals surface area contributed by atoms with Crippen LogP contribution in [0.1, 0.15) is 18.1 Å². The van der Waals surface area contributed by atoms with Crippen LogP contribution in [0.2, 0.25) is 0 Å². The number of fused-ring (bicyclic) bond motifs is 1. The van der Waals surface area contributed by atoms with Gasteiger partial charge in [0.25, 0.3) is 0 Å². The number of benzene rings is 1. The monoisotopic (exact) mass is 324 g/mol. The quantitative estimate of drug-likeness (QED) is 0.470. The van der Waals surface area contributed by atoms with E-state index in [1.807, 2.05) is 0 Å². The highest BCUT2D eigenvalue weighted by atomic mass is 16.7. The van der Waals surface area contributed by atoms with Gasteiger partial charge in [-0.2, -0.15) is 0 Å². The van der Waals surface area contributed by atoms with Gasteiger partial charge in [0.15, 0.2) is 11.5 Å². The lowest BCUT2D eigenvalue weighted by Crippen LogP contribution is -2.41. The van der Waals surface area contributed by atoms with Crippen molar-refractivity contribution in [3.05, 3.63) is 23.8 Å². The van der Waals surface area contributed by atoms with Crippen molar-refractivity contribution in [2.75, 3.05) is 33.6 Å². The molecule has 1 aliphatic heterocycles. The molecular formula is C15H20N2O6. The van der Waals surface area contributed by atoms with Crippen LogP contribution in [0.5, 0.6) is 11.5 Å². The fourth-order valence-electron chi connectivity index (χ4n) is 2.04. The molecule has 2 amide bonds. The summed E-state index contributed by atoms with van der Waals surface area (Å²) in [6.45, 7) is 0.944. The smallest absolute Gasteiger partial charge is 0.309 e. The highest BCUT2D eigenvalue weighted by Gasteiger charge is 2.17. The van der Waals surface area contributed by atoms with Crippen LogP contribution in [0.25, 0.3) is 0 Å². The van der Waals surface area contributed by atoms with Crippen LogP contribution in [0, 0.1) is 0 Å². The van der Waals surface area contributed by atoms with Crippen LogP contribution in [0.4, 0.5) is 0 Å². The van der Waals surface area contributed by atoms with E-state index in [9.17, 15) is 14.7 Å². The Morgan fingerprint density at radius 3 is 2.65 bits per heavy atom. The number of rotatable bonds is 7. The third-order valence-corrected chi connectivity index (χ3v) is 3.28. The van der Waals surface area contributed by atoms with Crippen molar-refractivity contribution in [3.63, 3.8) is 0 Å². The summed E-state index contributed by atoms with van der Waals surface area (Å²) in [5.41, 5.74) is 0.660. The van der Waals surface area contributed by atoms with Crippen molar-refractivity contribution in [2.45, 2.75) is 12.5 Å². The lowest BCUT2D eigenvalue weighted by molar-refractivity contribution is -0.139. The molecule has 3 N–H and O–H groups in total. The standard InChI is InChI=1S/C15H20N2O6/c1-21-7-6-17-15(20)14(19)16-5-4-11(18)10-2-3-12-13(8-10)23-9-22-12/h2-3,8,11,18H,4-7,9H2,1H3,(H,16,19)(H,17,20). The van der Waals surface area contributed by atoms with Gasteiger partial charge in [-0.1, -0.05) is 6.07 Å². The Kier molecular flexibility index (Phi) is 6.19. The maximum Gasteiger partial charge on any atom is 0.309 e. The van der Waals surface area contributed by atoms with Gasteiger partial charge in [0, 0.05) is 20.2 Å². The Bertz CT molecular complexity index is 563. The fraction of sp³-hybridized carbons (Fsp3) is 0.467. The number of methoxy groups -OCH3 is 1. The Hall–Kier alpha value is -2.32. The average molecular weight is 324 g/mol. The summed E-state index contributed by atoms with van der Waals surface area (Å²) < 4.78 is 15.2. The zero-order valence-electron chi connectivity index (χ0n) is 12.8. The Labute approximate surface area is 133 Å². The van der Waals surface area contributed by atoms with Gasteiger partial charge < -0.3 is 30.0 Å². The van der Waals surface area contributed by atoms with E-state index in [0.717, 1.165) is 0 Å². The third kappa shape index (κ3) is 4.83. The van der Waals surface area contributed by atoms with Crippen molar-refractivity contribution in [3.8, 4) is 11.5 Å². The maximum absolute atomic E-state index is 11.5. The molecule has 0 aromatic heterocycles. The number of aliphatic hydroxyl groups excluding tert-OH is 1. The maximum atomic E-state index is 11.5. The van der Waals surface area contributed by atoms with Gasteiger partial charge in [-0.3, -0.25) is 9.59 Å². The lowest BCUT2D eigenvalue weighted by Gasteiger charge is -2.12. The van der Waals surface area contributed by atoms with E-state index in [0.29, 0.717) is 23.7 Å². The van der Waals surface area contributed by atoms with Crippen molar-refractivity contribution in [1.82, 2.24) is 10.6 Å². The van der Waals surface area contributed by atoms with E-state index in [1.54, 1.807) is 18.2 Å². The van der Waals surface area contributed by atoms with Crippen molar-refractivity contribution in [1.29, 1.82) is 0 Å². The zero-order valence-corrected chi connectivity index (χ0v) is 12.8. The molecule has 1 heterocycles. The average Bonchev–Trinajstić information content (AvgIpc) is 3.02. The molecule has 0 aliphatic carbocycles. The topological polar surface area (TPSA) is 106 Å². The minimum atomic E-state index is -0.777. The van der Waals surface area contributed by atoms with Gasteiger partial charge in [-0.05, 0) is 24.1 Å². The molecular weight excluding hydrogens is 304 g/mol. The molecule has 1 aromatic rings. The first kappa shape index (κ1) is 17.0. The van der Waals surface area contributed by atoms with E-state index in [-0.39, 0.29) is 26.3 Å². The molecule has 1 aromatic carbocycles. The van der Waals surface area contributed by atoms with Gasteiger partial charge in [0.1, 0.15) is 0 Å². The number of carbonyl (C=O) groups excluding carboxylic acids is 2. The van der Waals surface area contributed by atoms with Crippen LogP contribution in [0.15, 0.2) is 18.2 Å². The number of nitrogens with one attached hydrogen (secondary N) is 2. The minimum Gasteiger partial charge on any atom is -0.454 e. The minimum absolute atomic E-state index is 0.170. The molecule has 1 unspecified atom stereocenters. The van der Waals surface area contributed by atoms with Crippen molar-refractivity contribution < 1.29 is 28.9 Å². The normalized spacial score (nSPS) is 13.5. The summed E-state index contributed by atoms with van der Waals surface area (Å²) in [7, 11) is 1.50. The van der Waals surface area contributed by atoms with Crippen LogP contribution in [-0.4, -0.2) is 50.5 Å². The van der Waals surface area contributed by atoms with E-state index in [2.05, 4.69) is 10.6 Å². The Morgan fingerprint density at radius 2 is 1.91 bits per heavy atom. The van der Waals surface area contributed by atoms with Crippen LogP contribution in [-0.2, 0) is 14.3 Å². The second-order valence-corrected chi connectivity index (χ2v) is 4.92. The van der Waals surface area contributed by atoms with Gasteiger partial charge in [-0.15, -0.1) is 0 Å². The molecule has 126 valence electrons. The summed E-state index contributed by atoms with van der Waals surface area (Å²) in [5, 5.41) is 15.0. The second kappa shape index (κ2) is 8.35. The first-order chi connectivity index (χ1) is 11.1. The Balaban J connectivity index is 1.73. The molecule has 1 aliphatic rings. The number of carbonyl (C=O) groups is 2. The number of amides is 2. The lowest BCUT2D eigenvalue weighted by atomic mass is 10.1. The Morgan fingerprint density at radius 1 is 1.22 bits per heavy atom. The van der Waals surface area contributed by atoms with Crippen LogP contribution < -0.4 is 20.1 Å². The summed E-state index contributed by atoms with van der Waals surface area (Å²) in [4.78, 5) is 22.9. The highest BCUT2D eigenvalue weighted by Crippen LogP contribution is 2.34. The van der Waals surface area contributed by atoms with Crippen molar-refractivity contribution >= 4 is 11.8 Å². The van der Waals surface area contributed by atoms with Gasteiger partial charge in [0.2, 0.25) is 6.79 Å². The predicted octanol–water partition coefficient (Wildman–Crippen LogP) is -0.282. The highest BCUT2D eigenvalue weighted by molar-refractivity contribution is 6.35. The largest absolute Gasteiger partial charge is 0.454 e. The number of hydrogen-bond acceptors (Lipinski definition) is 6. The van der Waals surface area contributed by atoms with Crippen LogP contribution in [0.3, 0.4) is 0 Å². The molecule has 2 rings (SSSR count). The molecule has 0 saturated heterocycles. The van der Waals surface area contributed by atoms with E-state index in [4.69, 9.17) is 14.2 Å². The third-order valence-electron chi connectivity index (χ3n) is 3.28. The molecule has 8 heteroatoms. The van der Waals surface area contributed by atoms with Gasteiger partial charge >= 0.3 is 11.8 Å².